The first kappa shape index (κ1) is 14.6. The predicted molar refractivity (Wildman–Crippen MR) is 70.1 cm³/mol. The number of anilines is 2. The first-order valence-corrected chi connectivity index (χ1v) is 6.09. The number of rotatable bonds is 7. The molecule has 0 saturated carbocycles. The third kappa shape index (κ3) is 4.44. The number of hydrogen-bond acceptors (Lipinski definition) is 5. The summed E-state index contributed by atoms with van der Waals surface area (Å²) in [6, 6.07) is 0. The monoisotopic (exact) mass is 256 g/mol. The lowest BCUT2D eigenvalue weighted by molar-refractivity contribution is 0.220. The molecule has 0 aromatic carbocycles. The van der Waals surface area contributed by atoms with Crippen LogP contribution in [0.3, 0.4) is 0 Å². The van der Waals surface area contributed by atoms with Crippen molar-refractivity contribution in [2.24, 2.45) is 5.41 Å². The highest BCUT2D eigenvalue weighted by Crippen LogP contribution is 2.21. The summed E-state index contributed by atoms with van der Waals surface area (Å²) in [6.07, 6.45) is 1.79. The zero-order valence-electron chi connectivity index (χ0n) is 11.1. The molecule has 102 valence electrons. The molecule has 6 heteroatoms. The number of nitrogens with one attached hydrogen (secondary N) is 2. The van der Waals surface area contributed by atoms with E-state index in [1.807, 2.05) is 20.8 Å². The minimum atomic E-state index is -0.476. The third-order valence-corrected chi connectivity index (χ3v) is 2.60. The van der Waals surface area contributed by atoms with Crippen LogP contribution < -0.4 is 10.6 Å². The molecule has 18 heavy (non-hydrogen) atoms. The Morgan fingerprint density at radius 3 is 2.72 bits per heavy atom. The van der Waals surface area contributed by atoms with E-state index in [9.17, 15) is 4.39 Å². The van der Waals surface area contributed by atoms with Gasteiger partial charge in [0.25, 0.3) is 0 Å². The van der Waals surface area contributed by atoms with E-state index in [1.54, 1.807) is 0 Å². The molecule has 1 rings (SSSR count). The molecule has 0 aliphatic heterocycles. The van der Waals surface area contributed by atoms with Gasteiger partial charge in [0.15, 0.2) is 11.6 Å². The van der Waals surface area contributed by atoms with Crippen LogP contribution >= 0.6 is 0 Å². The van der Waals surface area contributed by atoms with Gasteiger partial charge in [-0.05, 0) is 18.8 Å². The van der Waals surface area contributed by atoms with Gasteiger partial charge >= 0.3 is 0 Å². The van der Waals surface area contributed by atoms with Crippen molar-refractivity contribution in [3.05, 3.63) is 12.0 Å². The summed E-state index contributed by atoms with van der Waals surface area (Å²) in [5.41, 5.74) is -0.121. The Balaban J connectivity index is 2.68. The lowest BCUT2D eigenvalue weighted by Crippen LogP contribution is -2.25. The molecule has 1 aromatic heterocycles. The Morgan fingerprint density at radius 2 is 2.11 bits per heavy atom. The van der Waals surface area contributed by atoms with Crippen molar-refractivity contribution in [1.82, 2.24) is 9.97 Å². The molecule has 0 fully saturated rings. The smallest absolute Gasteiger partial charge is 0.224 e. The summed E-state index contributed by atoms with van der Waals surface area (Å²) in [4.78, 5) is 7.89. The minimum Gasteiger partial charge on any atom is -0.396 e. The number of aliphatic hydroxyl groups excluding tert-OH is 1. The summed E-state index contributed by atoms with van der Waals surface area (Å²) in [5, 5.41) is 14.8. The summed E-state index contributed by atoms with van der Waals surface area (Å²) >= 11 is 0. The normalized spacial score (nSPS) is 11.4. The Labute approximate surface area is 107 Å². The van der Waals surface area contributed by atoms with E-state index in [-0.39, 0.29) is 17.8 Å². The fraction of sp³-hybridized carbons (Fsp3) is 0.667. The molecule has 0 saturated heterocycles. The van der Waals surface area contributed by atoms with E-state index in [0.717, 1.165) is 6.20 Å². The lowest BCUT2D eigenvalue weighted by Gasteiger charge is -2.24. The molecule has 0 aliphatic rings. The standard InChI is InChI=1S/C12H21FN4O/c1-4-14-11-15-7-9(13)10(17-11)16-8-12(2,3)5-6-18/h7,18H,4-6,8H2,1-3H3,(H2,14,15,16,17). The molecule has 5 nitrogen and oxygen atoms in total. The average molecular weight is 256 g/mol. The highest BCUT2D eigenvalue weighted by atomic mass is 19.1. The van der Waals surface area contributed by atoms with Crippen LogP contribution in [-0.2, 0) is 0 Å². The number of aliphatic hydroxyl groups is 1. The van der Waals surface area contributed by atoms with Crippen molar-refractivity contribution < 1.29 is 9.50 Å². The maximum atomic E-state index is 13.5. The largest absolute Gasteiger partial charge is 0.396 e. The van der Waals surface area contributed by atoms with Crippen LogP contribution in [0.25, 0.3) is 0 Å². The number of aromatic nitrogens is 2. The molecule has 0 amide bonds. The fourth-order valence-electron chi connectivity index (χ4n) is 1.45. The van der Waals surface area contributed by atoms with Crippen molar-refractivity contribution in [2.45, 2.75) is 27.2 Å². The van der Waals surface area contributed by atoms with Crippen molar-refractivity contribution >= 4 is 11.8 Å². The summed E-state index contributed by atoms with van der Waals surface area (Å²) in [6.45, 7) is 7.25. The molecule has 0 atom stereocenters. The Bertz CT molecular complexity index is 384. The van der Waals surface area contributed by atoms with Crippen molar-refractivity contribution in [3.63, 3.8) is 0 Å². The summed E-state index contributed by atoms with van der Waals surface area (Å²) in [5.74, 6) is 0.116. The van der Waals surface area contributed by atoms with Gasteiger partial charge in [-0.15, -0.1) is 0 Å². The fourth-order valence-corrected chi connectivity index (χ4v) is 1.45. The van der Waals surface area contributed by atoms with Crippen molar-refractivity contribution in [2.75, 3.05) is 30.3 Å². The summed E-state index contributed by atoms with van der Waals surface area (Å²) in [7, 11) is 0. The van der Waals surface area contributed by atoms with Gasteiger partial charge in [0.2, 0.25) is 5.95 Å². The number of hydrogen-bond donors (Lipinski definition) is 3. The predicted octanol–water partition coefficient (Wildman–Crippen LogP) is 1.87. The van der Waals surface area contributed by atoms with Crippen LogP contribution in [-0.4, -0.2) is 34.8 Å². The molecular formula is C12H21FN4O. The molecule has 0 radical (unpaired) electrons. The van der Waals surface area contributed by atoms with Gasteiger partial charge in [-0.25, -0.2) is 9.37 Å². The van der Waals surface area contributed by atoms with E-state index in [1.165, 1.54) is 0 Å². The average Bonchev–Trinajstić information content (AvgIpc) is 2.30. The molecule has 3 N–H and O–H groups in total. The summed E-state index contributed by atoms with van der Waals surface area (Å²) < 4.78 is 13.5. The van der Waals surface area contributed by atoms with Crippen LogP contribution in [0, 0.1) is 11.2 Å². The Hall–Kier alpha value is -1.43. The highest BCUT2D eigenvalue weighted by molar-refractivity contribution is 5.41. The zero-order chi connectivity index (χ0) is 13.6. The van der Waals surface area contributed by atoms with Gasteiger partial charge in [0.1, 0.15) is 0 Å². The molecule has 1 heterocycles. The van der Waals surface area contributed by atoms with Crippen LogP contribution in [0.2, 0.25) is 0 Å². The molecule has 1 aromatic rings. The number of halogens is 1. The molecule has 0 spiro atoms. The molecule has 0 aliphatic carbocycles. The van der Waals surface area contributed by atoms with E-state index < -0.39 is 5.82 Å². The quantitative estimate of drug-likeness (QED) is 0.694. The van der Waals surface area contributed by atoms with Crippen molar-refractivity contribution in [1.29, 1.82) is 0 Å². The maximum Gasteiger partial charge on any atom is 0.224 e. The SMILES string of the molecule is CCNc1ncc(F)c(NCC(C)(C)CCO)n1. The second-order valence-corrected chi connectivity index (χ2v) is 4.91. The van der Waals surface area contributed by atoms with Gasteiger partial charge in [-0.1, -0.05) is 13.8 Å². The van der Waals surface area contributed by atoms with Gasteiger partial charge in [0, 0.05) is 19.7 Å². The number of nitrogens with zero attached hydrogens (tertiary/aromatic N) is 2. The molecule has 0 bridgehead atoms. The second-order valence-electron chi connectivity index (χ2n) is 4.91. The third-order valence-electron chi connectivity index (χ3n) is 2.60. The Kier molecular flexibility index (Phi) is 5.27. The second kappa shape index (κ2) is 6.49. The topological polar surface area (TPSA) is 70.1 Å². The van der Waals surface area contributed by atoms with E-state index in [0.29, 0.717) is 25.5 Å². The zero-order valence-corrected chi connectivity index (χ0v) is 11.1. The van der Waals surface area contributed by atoms with Crippen LogP contribution in [0.1, 0.15) is 27.2 Å². The van der Waals surface area contributed by atoms with Crippen LogP contribution in [0.5, 0.6) is 0 Å². The van der Waals surface area contributed by atoms with Gasteiger partial charge in [-0.3, -0.25) is 0 Å². The Morgan fingerprint density at radius 1 is 1.39 bits per heavy atom. The van der Waals surface area contributed by atoms with Gasteiger partial charge in [0.05, 0.1) is 6.20 Å². The van der Waals surface area contributed by atoms with Gasteiger partial charge < -0.3 is 15.7 Å². The van der Waals surface area contributed by atoms with E-state index >= 15 is 0 Å². The first-order valence-electron chi connectivity index (χ1n) is 6.09. The first-order chi connectivity index (χ1) is 8.48. The minimum absolute atomic E-state index is 0.115. The van der Waals surface area contributed by atoms with Crippen molar-refractivity contribution in [3.8, 4) is 0 Å². The highest BCUT2D eigenvalue weighted by Gasteiger charge is 2.18. The van der Waals surface area contributed by atoms with Gasteiger partial charge in [-0.2, -0.15) is 4.98 Å². The van der Waals surface area contributed by atoms with E-state index in [4.69, 9.17) is 5.11 Å². The molecule has 0 unspecified atom stereocenters. The van der Waals surface area contributed by atoms with E-state index in [2.05, 4.69) is 20.6 Å². The lowest BCUT2D eigenvalue weighted by atomic mass is 9.90. The molecular weight excluding hydrogens is 235 g/mol. The van der Waals surface area contributed by atoms with Crippen LogP contribution in [0.4, 0.5) is 16.2 Å². The van der Waals surface area contributed by atoms with Crippen LogP contribution in [0.15, 0.2) is 6.20 Å². The maximum absolute atomic E-state index is 13.5.